The molecule has 1 fully saturated rings. The smallest absolute Gasteiger partial charge is 0.278 e. The predicted molar refractivity (Wildman–Crippen MR) is 101 cm³/mol. The lowest BCUT2D eigenvalue weighted by Crippen LogP contribution is -3.16. The molecule has 0 radical (unpaired) electrons. The van der Waals surface area contributed by atoms with E-state index >= 15 is 0 Å². The summed E-state index contributed by atoms with van der Waals surface area (Å²) < 4.78 is 0. The summed E-state index contributed by atoms with van der Waals surface area (Å²) in [4.78, 5) is 25.9. The molecule has 0 spiro atoms. The fraction of sp³-hybridized carbons (Fsp3) is 0.600. The number of hydrogen-bond donors (Lipinski definition) is 3. The predicted octanol–water partition coefficient (Wildman–Crippen LogP) is 1.60. The first kappa shape index (κ1) is 19.4. The van der Waals surface area contributed by atoms with Gasteiger partial charge in [-0.3, -0.25) is 9.59 Å². The maximum Gasteiger partial charge on any atom is 0.278 e. The summed E-state index contributed by atoms with van der Waals surface area (Å²) in [5.74, 6) is -0.215. The van der Waals surface area contributed by atoms with Crippen molar-refractivity contribution in [2.45, 2.75) is 58.9 Å². The van der Waals surface area contributed by atoms with Crippen LogP contribution in [0.3, 0.4) is 0 Å². The number of carbonyl (C=O) groups is 2. The molecule has 2 amide bonds. The zero-order chi connectivity index (χ0) is 18.2. The Morgan fingerprint density at radius 1 is 1.04 bits per heavy atom. The highest BCUT2D eigenvalue weighted by atomic mass is 16.2. The van der Waals surface area contributed by atoms with Crippen molar-refractivity contribution in [3.63, 3.8) is 0 Å². The van der Waals surface area contributed by atoms with Gasteiger partial charge in [0.2, 0.25) is 5.91 Å². The van der Waals surface area contributed by atoms with Gasteiger partial charge < -0.3 is 15.5 Å². The zero-order valence-electron chi connectivity index (χ0n) is 15.8. The van der Waals surface area contributed by atoms with E-state index < -0.39 is 0 Å². The maximum absolute atomic E-state index is 12.4. The molecule has 1 saturated heterocycles. The van der Waals surface area contributed by atoms with Crippen molar-refractivity contribution in [1.29, 1.82) is 0 Å². The van der Waals surface area contributed by atoms with Gasteiger partial charge in [0.15, 0.2) is 6.04 Å². The highest BCUT2D eigenvalue weighted by Crippen LogP contribution is 2.18. The van der Waals surface area contributed by atoms with Gasteiger partial charge >= 0.3 is 0 Å². The molecule has 25 heavy (non-hydrogen) atoms. The fourth-order valence-corrected chi connectivity index (χ4v) is 3.49. The number of hydrogen-bond acceptors (Lipinski definition) is 2. The number of quaternary nitrogens is 1. The van der Waals surface area contributed by atoms with Crippen molar-refractivity contribution >= 4 is 17.5 Å². The van der Waals surface area contributed by atoms with Gasteiger partial charge in [0.1, 0.15) is 0 Å². The number of anilines is 1. The summed E-state index contributed by atoms with van der Waals surface area (Å²) in [6.45, 7) is 8.01. The molecule has 3 N–H and O–H groups in total. The van der Waals surface area contributed by atoms with Crippen LogP contribution in [0.1, 0.15) is 50.2 Å². The number of benzene rings is 1. The van der Waals surface area contributed by atoms with Crippen LogP contribution >= 0.6 is 0 Å². The first-order chi connectivity index (χ1) is 12.0. The molecule has 0 aliphatic carbocycles. The molecule has 0 aromatic heterocycles. The average molecular weight is 346 g/mol. The van der Waals surface area contributed by atoms with Gasteiger partial charge in [-0.05, 0) is 57.6 Å². The molecule has 0 saturated carbocycles. The van der Waals surface area contributed by atoms with Crippen LogP contribution < -0.4 is 15.5 Å². The van der Waals surface area contributed by atoms with Crippen LogP contribution in [0.25, 0.3) is 0 Å². The molecule has 2 rings (SSSR count). The number of carbonyl (C=O) groups excluding carboxylic acids is 2. The molecule has 1 heterocycles. The molecule has 5 heteroatoms. The molecule has 1 aromatic rings. The molecule has 0 unspecified atom stereocenters. The second-order valence-electron chi connectivity index (χ2n) is 7.18. The van der Waals surface area contributed by atoms with Gasteiger partial charge in [-0.2, -0.15) is 0 Å². The normalized spacial score (nSPS) is 17.2. The number of amides is 2. The third-order valence-electron chi connectivity index (χ3n) is 5.17. The van der Waals surface area contributed by atoms with E-state index in [1.54, 1.807) is 0 Å². The molecule has 1 aromatic carbocycles. The highest BCUT2D eigenvalue weighted by Gasteiger charge is 2.25. The Kier molecular flexibility index (Phi) is 7.44. The Labute approximate surface area is 151 Å². The molecule has 1 aliphatic rings. The highest BCUT2D eigenvalue weighted by molar-refractivity contribution is 5.96. The first-order valence-electron chi connectivity index (χ1n) is 9.47. The Balaban J connectivity index is 1.82. The largest absolute Gasteiger partial charge is 0.342 e. The average Bonchev–Trinajstić information content (AvgIpc) is 2.55. The van der Waals surface area contributed by atoms with Crippen LogP contribution in [-0.4, -0.2) is 37.5 Å². The summed E-state index contributed by atoms with van der Waals surface area (Å²) in [5, 5.41) is 5.71. The Hall–Kier alpha value is -1.88. The number of nitrogens with one attached hydrogen (secondary N) is 3. The third kappa shape index (κ3) is 5.85. The number of para-hydroxylation sites is 1. The van der Waals surface area contributed by atoms with E-state index in [0.717, 1.165) is 29.9 Å². The number of rotatable bonds is 5. The Bertz CT molecular complexity index is 572. The standard InChI is InChI=1S/C20H31N3O2/c1-15-10-9-11-16(2)19(15)22-18(24)14-21-20(25)17(3)23-12-7-5-4-6-8-13-23/h9-11,17H,4-8,12-14H2,1-3H3,(H,21,25)(H,22,24)/p+1/t17-/m1/s1. The minimum Gasteiger partial charge on any atom is -0.342 e. The van der Waals surface area contributed by atoms with E-state index in [1.165, 1.54) is 37.0 Å². The van der Waals surface area contributed by atoms with Crippen molar-refractivity contribution in [3.8, 4) is 0 Å². The zero-order valence-corrected chi connectivity index (χ0v) is 15.8. The second kappa shape index (κ2) is 9.56. The topological polar surface area (TPSA) is 62.6 Å². The molecule has 1 aliphatic heterocycles. The SMILES string of the molecule is Cc1cccc(C)c1NC(=O)CNC(=O)[C@@H](C)[NH+]1CCCCCCC1. The van der Waals surface area contributed by atoms with Crippen molar-refractivity contribution < 1.29 is 14.5 Å². The molecule has 1 atom stereocenters. The van der Waals surface area contributed by atoms with Crippen LogP contribution in [0, 0.1) is 13.8 Å². The molecule has 138 valence electrons. The van der Waals surface area contributed by atoms with Crippen LogP contribution in [0.2, 0.25) is 0 Å². The summed E-state index contributed by atoms with van der Waals surface area (Å²) in [7, 11) is 0. The van der Waals surface area contributed by atoms with E-state index in [4.69, 9.17) is 0 Å². The van der Waals surface area contributed by atoms with E-state index in [9.17, 15) is 9.59 Å². The number of likely N-dealkylation sites (tertiary alicyclic amines) is 1. The van der Waals surface area contributed by atoms with Crippen LogP contribution in [0.15, 0.2) is 18.2 Å². The molecular weight excluding hydrogens is 314 g/mol. The summed E-state index contributed by atoms with van der Waals surface area (Å²) >= 11 is 0. The van der Waals surface area contributed by atoms with E-state index in [-0.39, 0.29) is 24.4 Å². The lowest BCUT2D eigenvalue weighted by atomic mass is 10.1. The van der Waals surface area contributed by atoms with Crippen molar-refractivity contribution in [2.24, 2.45) is 0 Å². The quantitative estimate of drug-likeness (QED) is 0.758. The van der Waals surface area contributed by atoms with Crippen LogP contribution in [-0.2, 0) is 9.59 Å². The molecule has 5 nitrogen and oxygen atoms in total. The second-order valence-corrected chi connectivity index (χ2v) is 7.18. The van der Waals surface area contributed by atoms with Crippen LogP contribution in [0.5, 0.6) is 0 Å². The van der Waals surface area contributed by atoms with E-state index in [1.807, 2.05) is 39.0 Å². The van der Waals surface area contributed by atoms with Gasteiger partial charge in [-0.25, -0.2) is 0 Å². The molecular formula is C20H32N3O2+. The lowest BCUT2D eigenvalue weighted by molar-refractivity contribution is -0.915. The van der Waals surface area contributed by atoms with Gasteiger partial charge in [-0.1, -0.05) is 24.6 Å². The fourth-order valence-electron chi connectivity index (χ4n) is 3.49. The van der Waals surface area contributed by atoms with E-state index in [0.29, 0.717) is 0 Å². The minimum absolute atomic E-state index is 0.0181. The van der Waals surface area contributed by atoms with Crippen molar-refractivity contribution in [1.82, 2.24) is 5.32 Å². The minimum atomic E-state index is -0.180. The summed E-state index contributed by atoms with van der Waals surface area (Å²) in [6, 6.07) is 5.80. The van der Waals surface area contributed by atoms with Crippen LogP contribution in [0.4, 0.5) is 5.69 Å². The summed E-state index contributed by atoms with van der Waals surface area (Å²) in [5.41, 5.74) is 2.89. The van der Waals surface area contributed by atoms with E-state index in [2.05, 4.69) is 10.6 Å². The first-order valence-corrected chi connectivity index (χ1v) is 9.47. The van der Waals surface area contributed by atoms with Gasteiger partial charge in [0.25, 0.3) is 5.91 Å². The third-order valence-corrected chi connectivity index (χ3v) is 5.17. The van der Waals surface area contributed by atoms with Gasteiger partial charge in [0.05, 0.1) is 19.6 Å². The van der Waals surface area contributed by atoms with Crippen molar-refractivity contribution in [2.75, 3.05) is 25.0 Å². The maximum atomic E-state index is 12.4. The van der Waals surface area contributed by atoms with Crippen molar-refractivity contribution in [3.05, 3.63) is 29.3 Å². The Morgan fingerprint density at radius 2 is 1.60 bits per heavy atom. The number of aryl methyl sites for hydroxylation is 2. The Morgan fingerprint density at radius 3 is 2.20 bits per heavy atom. The summed E-state index contributed by atoms with van der Waals surface area (Å²) in [6.07, 6.45) is 6.19. The van der Waals surface area contributed by atoms with Gasteiger partial charge in [-0.15, -0.1) is 0 Å². The van der Waals surface area contributed by atoms with Gasteiger partial charge in [0, 0.05) is 5.69 Å². The monoisotopic (exact) mass is 346 g/mol. The molecule has 0 bridgehead atoms. The lowest BCUT2D eigenvalue weighted by Gasteiger charge is -2.26.